The van der Waals surface area contributed by atoms with E-state index in [0.29, 0.717) is 13.1 Å². The third-order valence-corrected chi connectivity index (χ3v) is 5.39. The first-order valence-corrected chi connectivity index (χ1v) is 7.95. The lowest BCUT2D eigenvalue weighted by atomic mass is 9.98. The van der Waals surface area contributed by atoms with E-state index in [1.54, 1.807) is 7.11 Å². The molecule has 2 atom stereocenters. The molecule has 0 radical (unpaired) electrons. The summed E-state index contributed by atoms with van der Waals surface area (Å²) >= 11 is 2.24. The number of carbonyl (C=O) groups is 1. The summed E-state index contributed by atoms with van der Waals surface area (Å²) in [4.78, 5) is 14.7. The summed E-state index contributed by atoms with van der Waals surface area (Å²) in [6.07, 6.45) is 1.91. The van der Waals surface area contributed by atoms with E-state index < -0.39 is 0 Å². The summed E-state index contributed by atoms with van der Waals surface area (Å²) < 4.78 is 6.43. The average Bonchev–Trinajstić information content (AvgIpc) is 2.48. The van der Waals surface area contributed by atoms with Crippen molar-refractivity contribution in [1.29, 1.82) is 0 Å². The van der Waals surface area contributed by atoms with Gasteiger partial charge in [0.1, 0.15) is 0 Å². The molecule has 1 fully saturated rings. The largest absolute Gasteiger partial charge is 0.381 e. The molecule has 1 amide bonds. The first kappa shape index (κ1) is 15.7. The Labute approximate surface area is 133 Å². The monoisotopic (exact) mass is 388 g/mol. The van der Waals surface area contributed by atoms with Gasteiger partial charge in [0.15, 0.2) is 0 Å². The van der Waals surface area contributed by atoms with Crippen molar-refractivity contribution in [3.8, 4) is 0 Å². The van der Waals surface area contributed by atoms with E-state index in [1.165, 1.54) is 0 Å². The fourth-order valence-corrected chi connectivity index (χ4v) is 3.28. The van der Waals surface area contributed by atoms with E-state index in [2.05, 4.69) is 22.6 Å². The van der Waals surface area contributed by atoms with E-state index in [0.717, 1.165) is 27.5 Å². The molecule has 0 spiro atoms. The SMILES string of the molecule is COC1CCN(C(=O)c2cccc(C)c2I)C(CN)C1. The Hall–Kier alpha value is -0.660. The molecule has 1 aromatic rings. The van der Waals surface area contributed by atoms with Gasteiger partial charge in [-0.15, -0.1) is 0 Å². The van der Waals surface area contributed by atoms with Gasteiger partial charge in [0, 0.05) is 29.8 Å². The number of halogens is 1. The topological polar surface area (TPSA) is 55.6 Å². The third kappa shape index (κ3) is 3.15. The van der Waals surface area contributed by atoms with Crippen LogP contribution in [0.4, 0.5) is 0 Å². The second-order valence-electron chi connectivity index (χ2n) is 5.21. The number of nitrogens with two attached hydrogens (primary N) is 1. The van der Waals surface area contributed by atoms with Gasteiger partial charge < -0.3 is 15.4 Å². The van der Waals surface area contributed by atoms with Gasteiger partial charge in [-0.05, 0) is 54.0 Å². The van der Waals surface area contributed by atoms with Gasteiger partial charge in [-0.3, -0.25) is 4.79 Å². The maximum absolute atomic E-state index is 12.8. The highest BCUT2D eigenvalue weighted by Gasteiger charge is 2.32. The van der Waals surface area contributed by atoms with Crippen LogP contribution in [0.25, 0.3) is 0 Å². The number of benzene rings is 1. The maximum Gasteiger partial charge on any atom is 0.255 e. The van der Waals surface area contributed by atoms with Crippen molar-refractivity contribution in [2.45, 2.75) is 31.9 Å². The molecule has 0 saturated carbocycles. The quantitative estimate of drug-likeness (QED) is 0.808. The van der Waals surface area contributed by atoms with E-state index >= 15 is 0 Å². The molecule has 2 rings (SSSR count). The first-order valence-electron chi connectivity index (χ1n) is 6.87. The van der Waals surface area contributed by atoms with Crippen LogP contribution < -0.4 is 5.73 Å². The number of hydrogen-bond acceptors (Lipinski definition) is 3. The van der Waals surface area contributed by atoms with Gasteiger partial charge in [-0.25, -0.2) is 0 Å². The molecule has 1 saturated heterocycles. The number of carbonyl (C=O) groups excluding carboxylic acids is 1. The Kier molecular flexibility index (Phi) is 5.40. The van der Waals surface area contributed by atoms with Gasteiger partial charge in [-0.1, -0.05) is 12.1 Å². The standard InChI is InChI=1S/C15H21IN2O2/c1-10-4-3-5-13(14(10)16)15(19)18-7-6-12(20-2)8-11(18)9-17/h3-5,11-12H,6-9,17H2,1-2H3. The van der Waals surface area contributed by atoms with E-state index in [9.17, 15) is 4.79 Å². The summed E-state index contributed by atoms with van der Waals surface area (Å²) in [5.74, 6) is 0.0862. The molecule has 1 aromatic carbocycles. The smallest absolute Gasteiger partial charge is 0.255 e. The molecule has 0 bridgehead atoms. The number of methoxy groups -OCH3 is 1. The lowest BCUT2D eigenvalue weighted by Crippen LogP contribution is -2.51. The zero-order valence-electron chi connectivity index (χ0n) is 11.9. The molecule has 5 heteroatoms. The highest BCUT2D eigenvalue weighted by molar-refractivity contribution is 14.1. The summed E-state index contributed by atoms with van der Waals surface area (Å²) in [6.45, 7) is 3.22. The highest BCUT2D eigenvalue weighted by atomic mass is 127. The predicted octanol–water partition coefficient (Wildman–Crippen LogP) is 2.18. The van der Waals surface area contributed by atoms with Crippen molar-refractivity contribution in [2.24, 2.45) is 5.73 Å². The summed E-state index contributed by atoms with van der Waals surface area (Å²) in [5.41, 5.74) is 7.75. The molecular weight excluding hydrogens is 367 g/mol. The minimum Gasteiger partial charge on any atom is -0.381 e. The molecular formula is C15H21IN2O2. The Morgan fingerprint density at radius 2 is 2.30 bits per heavy atom. The molecule has 2 N–H and O–H groups in total. The number of hydrogen-bond donors (Lipinski definition) is 1. The fourth-order valence-electron chi connectivity index (χ4n) is 2.69. The minimum atomic E-state index is 0.0671. The Bertz CT molecular complexity index is 493. The average molecular weight is 388 g/mol. The van der Waals surface area contributed by atoms with Crippen molar-refractivity contribution in [2.75, 3.05) is 20.2 Å². The van der Waals surface area contributed by atoms with Gasteiger partial charge >= 0.3 is 0 Å². The van der Waals surface area contributed by atoms with E-state index in [-0.39, 0.29) is 18.1 Å². The van der Waals surface area contributed by atoms with Crippen LogP contribution >= 0.6 is 22.6 Å². The van der Waals surface area contributed by atoms with Crippen molar-refractivity contribution in [3.05, 3.63) is 32.9 Å². The number of rotatable bonds is 3. The number of aryl methyl sites for hydroxylation is 1. The zero-order valence-corrected chi connectivity index (χ0v) is 14.1. The predicted molar refractivity (Wildman–Crippen MR) is 87.8 cm³/mol. The van der Waals surface area contributed by atoms with Crippen LogP contribution in [0.3, 0.4) is 0 Å². The second kappa shape index (κ2) is 6.87. The van der Waals surface area contributed by atoms with E-state index in [1.807, 2.05) is 30.0 Å². The molecule has 1 aliphatic rings. The van der Waals surface area contributed by atoms with Crippen LogP contribution in [0.1, 0.15) is 28.8 Å². The summed E-state index contributed by atoms with van der Waals surface area (Å²) in [6, 6.07) is 5.92. The van der Waals surface area contributed by atoms with Crippen LogP contribution in [0, 0.1) is 10.5 Å². The van der Waals surface area contributed by atoms with Crippen LogP contribution in [0.15, 0.2) is 18.2 Å². The van der Waals surface area contributed by atoms with Crippen molar-refractivity contribution < 1.29 is 9.53 Å². The van der Waals surface area contributed by atoms with Crippen LogP contribution in [-0.4, -0.2) is 43.2 Å². The van der Waals surface area contributed by atoms with Crippen LogP contribution in [-0.2, 0) is 4.74 Å². The molecule has 2 unspecified atom stereocenters. The van der Waals surface area contributed by atoms with Crippen LogP contribution in [0.5, 0.6) is 0 Å². The Morgan fingerprint density at radius 1 is 1.55 bits per heavy atom. The van der Waals surface area contributed by atoms with Crippen molar-refractivity contribution in [3.63, 3.8) is 0 Å². The van der Waals surface area contributed by atoms with Crippen molar-refractivity contribution >= 4 is 28.5 Å². The van der Waals surface area contributed by atoms with Crippen LogP contribution in [0.2, 0.25) is 0 Å². The number of amides is 1. The third-order valence-electron chi connectivity index (χ3n) is 3.96. The summed E-state index contributed by atoms with van der Waals surface area (Å²) in [7, 11) is 1.72. The molecule has 20 heavy (non-hydrogen) atoms. The minimum absolute atomic E-state index is 0.0671. The fraction of sp³-hybridized carbons (Fsp3) is 0.533. The van der Waals surface area contributed by atoms with Crippen molar-refractivity contribution in [1.82, 2.24) is 4.90 Å². The first-order chi connectivity index (χ1) is 9.58. The normalized spacial score (nSPS) is 22.9. The van der Waals surface area contributed by atoms with Gasteiger partial charge in [-0.2, -0.15) is 0 Å². The van der Waals surface area contributed by atoms with Gasteiger partial charge in [0.25, 0.3) is 5.91 Å². The maximum atomic E-state index is 12.8. The van der Waals surface area contributed by atoms with Gasteiger partial charge in [0.2, 0.25) is 0 Å². The number of piperidine rings is 1. The molecule has 1 heterocycles. The molecule has 0 aliphatic carbocycles. The number of nitrogens with zero attached hydrogens (tertiary/aromatic N) is 1. The molecule has 4 nitrogen and oxygen atoms in total. The highest BCUT2D eigenvalue weighted by Crippen LogP contribution is 2.24. The summed E-state index contributed by atoms with van der Waals surface area (Å²) in [5, 5.41) is 0. The van der Waals surface area contributed by atoms with E-state index in [4.69, 9.17) is 10.5 Å². The molecule has 110 valence electrons. The number of likely N-dealkylation sites (tertiary alicyclic amines) is 1. The Balaban J connectivity index is 2.22. The second-order valence-corrected chi connectivity index (χ2v) is 6.29. The van der Waals surface area contributed by atoms with Gasteiger partial charge in [0.05, 0.1) is 11.7 Å². The molecule has 0 aromatic heterocycles. The zero-order chi connectivity index (χ0) is 14.7. The molecule has 1 aliphatic heterocycles. The lowest BCUT2D eigenvalue weighted by molar-refractivity contribution is 0.0138. The number of ether oxygens (including phenoxy) is 1. The Morgan fingerprint density at radius 3 is 2.95 bits per heavy atom. The lowest BCUT2D eigenvalue weighted by Gasteiger charge is -2.38.